The third-order valence-electron chi connectivity index (χ3n) is 3.23. The van der Waals surface area contributed by atoms with Gasteiger partial charge in [-0.1, -0.05) is 11.6 Å². The molecule has 108 valence electrons. The number of halogens is 1. The molecule has 1 N–H and O–H groups in total. The molecule has 1 aliphatic rings. The second-order valence-electron chi connectivity index (χ2n) is 4.95. The molecule has 1 aromatic rings. The first-order chi connectivity index (χ1) is 9.38. The summed E-state index contributed by atoms with van der Waals surface area (Å²) in [6, 6.07) is 5.02. The zero-order chi connectivity index (χ0) is 14.9. The normalized spacial score (nSPS) is 22.6. The van der Waals surface area contributed by atoms with Crippen molar-refractivity contribution in [1.29, 1.82) is 0 Å². The number of aliphatic carboxylic acids is 1. The Bertz CT molecular complexity index is 546. The van der Waals surface area contributed by atoms with Crippen LogP contribution in [0.5, 0.6) is 0 Å². The Morgan fingerprint density at radius 2 is 2.10 bits per heavy atom. The Balaban J connectivity index is 2.19. The standard InChI is InChI=1S/C14H16ClNO4/c1-8-5-10(3-4-11(8)15)13(17)16-6-9(2)20-12(7-16)14(18)19/h3-5,9,12H,6-7H2,1-2H3,(H,18,19)/t9-,12?/m1/s1. The number of carboxylic acid groups (broad SMARTS) is 1. The van der Waals surface area contributed by atoms with E-state index < -0.39 is 12.1 Å². The number of carboxylic acids is 1. The Labute approximate surface area is 122 Å². The first kappa shape index (κ1) is 14.8. The van der Waals surface area contributed by atoms with Crippen molar-refractivity contribution in [3.05, 3.63) is 34.3 Å². The number of benzene rings is 1. The first-order valence-corrected chi connectivity index (χ1v) is 6.70. The zero-order valence-corrected chi connectivity index (χ0v) is 12.1. The van der Waals surface area contributed by atoms with Crippen LogP contribution in [0.1, 0.15) is 22.8 Å². The molecule has 20 heavy (non-hydrogen) atoms. The van der Waals surface area contributed by atoms with Gasteiger partial charge in [-0.25, -0.2) is 4.79 Å². The molecule has 0 aromatic heterocycles. The molecule has 0 aliphatic carbocycles. The SMILES string of the molecule is Cc1cc(C(=O)N2CC(C(=O)O)O[C@H](C)C2)ccc1Cl. The summed E-state index contributed by atoms with van der Waals surface area (Å²) in [5, 5.41) is 9.62. The maximum atomic E-state index is 12.4. The minimum Gasteiger partial charge on any atom is -0.479 e. The highest BCUT2D eigenvalue weighted by Crippen LogP contribution is 2.19. The summed E-state index contributed by atoms with van der Waals surface area (Å²) in [5.41, 5.74) is 1.32. The van der Waals surface area contributed by atoms with Gasteiger partial charge in [-0.05, 0) is 37.6 Å². The van der Waals surface area contributed by atoms with E-state index >= 15 is 0 Å². The van der Waals surface area contributed by atoms with E-state index in [1.807, 2.05) is 6.92 Å². The van der Waals surface area contributed by atoms with Crippen molar-refractivity contribution in [2.24, 2.45) is 0 Å². The quantitative estimate of drug-likeness (QED) is 0.906. The maximum absolute atomic E-state index is 12.4. The van der Waals surface area contributed by atoms with Gasteiger partial charge in [0.2, 0.25) is 0 Å². The van der Waals surface area contributed by atoms with Crippen LogP contribution in [0, 0.1) is 6.92 Å². The van der Waals surface area contributed by atoms with Crippen molar-refractivity contribution < 1.29 is 19.4 Å². The fourth-order valence-corrected chi connectivity index (χ4v) is 2.33. The van der Waals surface area contributed by atoms with Gasteiger partial charge in [0, 0.05) is 17.1 Å². The van der Waals surface area contributed by atoms with E-state index in [-0.39, 0.29) is 18.6 Å². The minimum absolute atomic E-state index is 0.0557. The summed E-state index contributed by atoms with van der Waals surface area (Å²) in [6.07, 6.45) is -1.28. The highest BCUT2D eigenvalue weighted by atomic mass is 35.5. The molecule has 1 fully saturated rings. The molecule has 1 aliphatic heterocycles. The fraction of sp³-hybridized carbons (Fsp3) is 0.429. The highest BCUT2D eigenvalue weighted by Gasteiger charge is 2.33. The molecule has 1 saturated heterocycles. The van der Waals surface area contributed by atoms with Gasteiger partial charge in [0.05, 0.1) is 12.6 Å². The Hall–Kier alpha value is -1.59. The van der Waals surface area contributed by atoms with Crippen LogP contribution in [0.25, 0.3) is 0 Å². The molecule has 1 aromatic carbocycles. The topological polar surface area (TPSA) is 66.8 Å². The van der Waals surface area contributed by atoms with Gasteiger partial charge in [0.25, 0.3) is 5.91 Å². The van der Waals surface area contributed by atoms with Crippen LogP contribution >= 0.6 is 11.6 Å². The van der Waals surface area contributed by atoms with Gasteiger partial charge in [0.1, 0.15) is 0 Å². The van der Waals surface area contributed by atoms with Crippen molar-refractivity contribution >= 4 is 23.5 Å². The van der Waals surface area contributed by atoms with Gasteiger partial charge in [-0.3, -0.25) is 4.79 Å². The van der Waals surface area contributed by atoms with E-state index in [9.17, 15) is 9.59 Å². The number of carbonyl (C=O) groups is 2. The van der Waals surface area contributed by atoms with E-state index in [0.717, 1.165) is 5.56 Å². The molecule has 6 heteroatoms. The highest BCUT2D eigenvalue weighted by molar-refractivity contribution is 6.31. The van der Waals surface area contributed by atoms with E-state index in [2.05, 4.69) is 0 Å². The Morgan fingerprint density at radius 1 is 1.40 bits per heavy atom. The predicted molar refractivity (Wildman–Crippen MR) is 74.1 cm³/mol. The molecule has 0 bridgehead atoms. The van der Waals surface area contributed by atoms with Gasteiger partial charge in [-0.2, -0.15) is 0 Å². The smallest absolute Gasteiger partial charge is 0.334 e. The Kier molecular flexibility index (Phi) is 4.30. The number of aryl methyl sites for hydroxylation is 1. The third-order valence-corrected chi connectivity index (χ3v) is 3.65. The van der Waals surface area contributed by atoms with Crippen molar-refractivity contribution in [2.75, 3.05) is 13.1 Å². The number of rotatable bonds is 2. The molecule has 1 amide bonds. The summed E-state index contributed by atoms with van der Waals surface area (Å²) in [4.78, 5) is 24.9. The average Bonchev–Trinajstić information content (AvgIpc) is 2.40. The molecule has 1 unspecified atom stereocenters. The lowest BCUT2D eigenvalue weighted by atomic mass is 10.1. The predicted octanol–water partition coefficient (Wildman–Crippen LogP) is 1.96. The van der Waals surface area contributed by atoms with Crippen LogP contribution in [0.4, 0.5) is 0 Å². The number of ether oxygens (including phenoxy) is 1. The van der Waals surface area contributed by atoms with Crippen molar-refractivity contribution in [2.45, 2.75) is 26.1 Å². The average molecular weight is 298 g/mol. The fourth-order valence-electron chi connectivity index (χ4n) is 2.21. The summed E-state index contributed by atoms with van der Waals surface area (Å²) < 4.78 is 5.29. The molecular weight excluding hydrogens is 282 g/mol. The molecule has 0 saturated carbocycles. The van der Waals surface area contributed by atoms with Crippen LogP contribution in [-0.4, -0.2) is 47.2 Å². The van der Waals surface area contributed by atoms with Crippen LogP contribution in [0.2, 0.25) is 5.02 Å². The number of morpholine rings is 1. The molecule has 2 rings (SSSR count). The van der Waals surface area contributed by atoms with E-state index in [0.29, 0.717) is 17.1 Å². The largest absolute Gasteiger partial charge is 0.479 e. The molecule has 5 nitrogen and oxygen atoms in total. The summed E-state index contributed by atoms with van der Waals surface area (Å²) in [6.45, 7) is 4.01. The molecule has 0 radical (unpaired) electrons. The van der Waals surface area contributed by atoms with Crippen molar-refractivity contribution in [1.82, 2.24) is 4.90 Å². The first-order valence-electron chi connectivity index (χ1n) is 6.32. The second-order valence-corrected chi connectivity index (χ2v) is 5.35. The van der Waals surface area contributed by atoms with Crippen molar-refractivity contribution in [3.63, 3.8) is 0 Å². The van der Waals surface area contributed by atoms with E-state index in [1.54, 1.807) is 25.1 Å². The molecular formula is C14H16ClNO4. The number of hydrogen-bond acceptors (Lipinski definition) is 3. The molecule has 2 atom stereocenters. The van der Waals surface area contributed by atoms with Gasteiger partial charge in [0.15, 0.2) is 6.10 Å². The molecule has 0 spiro atoms. The number of hydrogen-bond donors (Lipinski definition) is 1. The third kappa shape index (κ3) is 3.11. The Morgan fingerprint density at radius 3 is 2.70 bits per heavy atom. The van der Waals surface area contributed by atoms with E-state index in [1.165, 1.54) is 4.90 Å². The number of nitrogens with zero attached hydrogens (tertiary/aromatic N) is 1. The minimum atomic E-state index is -1.05. The molecule has 1 heterocycles. The monoisotopic (exact) mass is 297 g/mol. The summed E-state index contributed by atoms with van der Waals surface area (Å²) in [5.74, 6) is -1.26. The lowest BCUT2D eigenvalue weighted by Crippen LogP contribution is -2.51. The summed E-state index contributed by atoms with van der Waals surface area (Å²) >= 11 is 5.94. The maximum Gasteiger partial charge on any atom is 0.334 e. The van der Waals surface area contributed by atoms with Crippen molar-refractivity contribution in [3.8, 4) is 0 Å². The van der Waals surface area contributed by atoms with Gasteiger partial charge in [-0.15, -0.1) is 0 Å². The van der Waals surface area contributed by atoms with Crippen LogP contribution in [-0.2, 0) is 9.53 Å². The van der Waals surface area contributed by atoms with Crippen LogP contribution in [0.3, 0.4) is 0 Å². The van der Waals surface area contributed by atoms with Crippen LogP contribution < -0.4 is 0 Å². The van der Waals surface area contributed by atoms with Crippen LogP contribution in [0.15, 0.2) is 18.2 Å². The number of amides is 1. The lowest BCUT2D eigenvalue weighted by molar-refractivity contribution is -0.160. The number of carbonyl (C=O) groups excluding carboxylic acids is 1. The second kappa shape index (κ2) is 5.81. The lowest BCUT2D eigenvalue weighted by Gasteiger charge is -2.35. The van der Waals surface area contributed by atoms with Gasteiger partial charge >= 0.3 is 5.97 Å². The zero-order valence-electron chi connectivity index (χ0n) is 11.3. The summed E-state index contributed by atoms with van der Waals surface area (Å²) in [7, 11) is 0. The van der Waals surface area contributed by atoms with Gasteiger partial charge < -0.3 is 14.7 Å². The van der Waals surface area contributed by atoms with E-state index in [4.69, 9.17) is 21.4 Å².